The van der Waals surface area contributed by atoms with Gasteiger partial charge in [-0.2, -0.15) is 0 Å². The Morgan fingerprint density at radius 3 is 2.91 bits per heavy atom. The molecule has 0 aliphatic carbocycles. The van der Waals surface area contributed by atoms with Gasteiger partial charge in [-0.3, -0.25) is 4.79 Å². The van der Waals surface area contributed by atoms with Crippen molar-refractivity contribution in [3.05, 3.63) is 65.4 Å². The molecule has 1 aromatic heterocycles. The first-order valence-electron chi connectivity index (χ1n) is 7.58. The van der Waals surface area contributed by atoms with Gasteiger partial charge in [-0.05, 0) is 36.8 Å². The quantitative estimate of drug-likeness (QED) is 0.771. The van der Waals surface area contributed by atoms with Crippen LogP contribution in [0.25, 0.3) is 11.0 Å². The monoisotopic (exact) mass is 327 g/mol. The van der Waals surface area contributed by atoms with E-state index in [1.807, 2.05) is 60.0 Å². The molecule has 2 aromatic carbocycles. The van der Waals surface area contributed by atoms with E-state index < -0.39 is 0 Å². The third kappa shape index (κ3) is 3.71. The number of nitrogens with one attached hydrogen (secondary N) is 1. The smallest absolute Gasteiger partial charge is 0.222 e. The van der Waals surface area contributed by atoms with Crippen LogP contribution in [0, 0.1) is 0 Å². The van der Waals surface area contributed by atoms with Gasteiger partial charge in [0.05, 0.1) is 23.4 Å². The molecule has 1 atom stereocenters. The number of nitrogens with zero attached hydrogens (tertiary/aromatic N) is 2. The molecular formula is C18H18ClN3O. The van der Waals surface area contributed by atoms with E-state index in [2.05, 4.69) is 10.3 Å². The molecule has 1 unspecified atom stereocenters. The molecule has 4 nitrogen and oxygen atoms in total. The van der Waals surface area contributed by atoms with E-state index in [9.17, 15) is 4.79 Å². The maximum Gasteiger partial charge on any atom is 0.222 e. The van der Waals surface area contributed by atoms with E-state index in [0.717, 1.165) is 16.6 Å². The summed E-state index contributed by atoms with van der Waals surface area (Å²) in [5.74, 6) is 0.00950. The summed E-state index contributed by atoms with van der Waals surface area (Å²) in [6, 6.07) is 15.4. The summed E-state index contributed by atoms with van der Waals surface area (Å²) >= 11 is 5.99. The standard InChI is InChI=1S/C18H18ClN3O/c1-13(14-5-4-6-15(19)11-14)21-18(23)9-10-22-12-20-16-7-2-3-8-17(16)22/h2-8,11-13H,9-10H2,1H3,(H,21,23). The second kappa shape index (κ2) is 6.84. The third-order valence-electron chi connectivity index (χ3n) is 3.83. The number of rotatable bonds is 5. The van der Waals surface area contributed by atoms with Crippen LogP contribution in [-0.2, 0) is 11.3 Å². The number of carbonyl (C=O) groups is 1. The van der Waals surface area contributed by atoms with Gasteiger partial charge in [-0.15, -0.1) is 0 Å². The molecule has 0 aliphatic rings. The Bertz CT molecular complexity index is 828. The lowest BCUT2D eigenvalue weighted by molar-refractivity contribution is -0.121. The van der Waals surface area contributed by atoms with Crippen LogP contribution in [0.3, 0.4) is 0 Å². The zero-order valence-corrected chi connectivity index (χ0v) is 13.6. The molecule has 0 saturated carbocycles. The number of amides is 1. The highest BCUT2D eigenvalue weighted by Gasteiger charge is 2.10. The highest BCUT2D eigenvalue weighted by atomic mass is 35.5. The molecule has 0 radical (unpaired) electrons. The lowest BCUT2D eigenvalue weighted by Crippen LogP contribution is -2.27. The zero-order valence-electron chi connectivity index (χ0n) is 12.9. The highest BCUT2D eigenvalue weighted by molar-refractivity contribution is 6.30. The van der Waals surface area contributed by atoms with Gasteiger partial charge in [0, 0.05) is 18.0 Å². The van der Waals surface area contributed by atoms with Crippen LogP contribution < -0.4 is 5.32 Å². The van der Waals surface area contributed by atoms with Crippen molar-refractivity contribution in [1.82, 2.24) is 14.9 Å². The van der Waals surface area contributed by atoms with Crippen LogP contribution in [-0.4, -0.2) is 15.5 Å². The maximum atomic E-state index is 12.2. The van der Waals surface area contributed by atoms with Crippen molar-refractivity contribution in [2.75, 3.05) is 0 Å². The Balaban J connectivity index is 1.59. The molecule has 1 amide bonds. The minimum absolute atomic E-state index is 0.00950. The Hall–Kier alpha value is -2.33. The van der Waals surface area contributed by atoms with Gasteiger partial charge in [-0.1, -0.05) is 35.9 Å². The van der Waals surface area contributed by atoms with Gasteiger partial charge >= 0.3 is 0 Å². The first-order valence-corrected chi connectivity index (χ1v) is 7.96. The number of hydrogen-bond acceptors (Lipinski definition) is 2. The summed E-state index contributed by atoms with van der Waals surface area (Å²) in [4.78, 5) is 16.5. The largest absolute Gasteiger partial charge is 0.350 e. The summed E-state index contributed by atoms with van der Waals surface area (Å²) in [6.07, 6.45) is 2.18. The SMILES string of the molecule is CC(NC(=O)CCn1cnc2ccccc21)c1cccc(Cl)c1. The van der Waals surface area contributed by atoms with Crippen LogP contribution in [0.15, 0.2) is 54.9 Å². The average Bonchev–Trinajstić information content (AvgIpc) is 2.96. The van der Waals surface area contributed by atoms with Crippen molar-refractivity contribution in [2.45, 2.75) is 25.9 Å². The van der Waals surface area contributed by atoms with E-state index in [0.29, 0.717) is 18.0 Å². The second-order valence-corrected chi connectivity index (χ2v) is 5.96. The number of para-hydroxylation sites is 2. The molecule has 0 bridgehead atoms. The van der Waals surface area contributed by atoms with Gasteiger partial charge in [0.1, 0.15) is 0 Å². The Kier molecular flexibility index (Phi) is 4.63. The van der Waals surface area contributed by atoms with E-state index >= 15 is 0 Å². The Morgan fingerprint density at radius 1 is 1.26 bits per heavy atom. The predicted octanol–water partition coefficient (Wildman–Crippen LogP) is 3.96. The molecule has 1 N–H and O–H groups in total. The number of fused-ring (bicyclic) bond motifs is 1. The number of carbonyl (C=O) groups excluding carboxylic acids is 1. The molecule has 0 fully saturated rings. The first kappa shape index (κ1) is 15.6. The van der Waals surface area contributed by atoms with Crippen LogP contribution in [0.1, 0.15) is 24.9 Å². The normalized spacial score (nSPS) is 12.3. The fraction of sp³-hybridized carbons (Fsp3) is 0.222. The lowest BCUT2D eigenvalue weighted by atomic mass is 10.1. The number of benzene rings is 2. The van der Waals surface area contributed by atoms with Crippen LogP contribution >= 0.6 is 11.6 Å². The van der Waals surface area contributed by atoms with Crippen molar-refractivity contribution in [3.63, 3.8) is 0 Å². The average molecular weight is 328 g/mol. The second-order valence-electron chi connectivity index (χ2n) is 5.52. The molecule has 118 valence electrons. The molecule has 0 saturated heterocycles. The summed E-state index contributed by atoms with van der Waals surface area (Å²) in [5.41, 5.74) is 2.99. The lowest BCUT2D eigenvalue weighted by Gasteiger charge is -2.15. The minimum Gasteiger partial charge on any atom is -0.350 e. The summed E-state index contributed by atoms with van der Waals surface area (Å²) in [5, 5.41) is 3.68. The van der Waals surface area contributed by atoms with Crippen LogP contribution in [0.2, 0.25) is 5.02 Å². The maximum absolute atomic E-state index is 12.2. The van der Waals surface area contributed by atoms with Gasteiger partial charge in [0.25, 0.3) is 0 Å². The molecule has 23 heavy (non-hydrogen) atoms. The third-order valence-corrected chi connectivity index (χ3v) is 4.07. The Labute approximate surface area is 140 Å². The molecule has 3 aromatic rings. The first-order chi connectivity index (χ1) is 11.1. The van der Waals surface area contributed by atoms with Crippen LogP contribution in [0.4, 0.5) is 0 Å². The van der Waals surface area contributed by atoms with Gasteiger partial charge < -0.3 is 9.88 Å². The van der Waals surface area contributed by atoms with E-state index in [-0.39, 0.29) is 11.9 Å². The molecular weight excluding hydrogens is 310 g/mol. The molecule has 0 spiro atoms. The van der Waals surface area contributed by atoms with Gasteiger partial charge in [0.15, 0.2) is 0 Å². The molecule has 1 heterocycles. The predicted molar refractivity (Wildman–Crippen MR) is 92.4 cm³/mol. The van der Waals surface area contributed by atoms with Crippen molar-refractivity contribution >= 4 is 28.5 Å². The minimum atomic E-state index is -0.0688. The van der Waals surface area contributed by atoms with E-state index in [1.54, 1.807) is 6.33 Å². The summed E-state index contributed by atoms with van der Waals surface area (Å²) in [6.45, 7) is 2.56. The van der Waals surface area contributed by atoms with E-state index in [1.165, 1.54) is 0 Å². The zero-order chi connectivity index (χ0) is 16.2. The topological polar surface area (TPSA) is 46.9 Å². The fourth-order valence-corrected chi connectivity index (χ4v) is 2.78. The van der Waals surface area contributed by atoms with Crippen molar-refractivity contribution in [1.29, 1.82) is 0 Å². The number of halogens is 1. The van der Waals surface area contributed by atoms with Crippen molar-refractivity contribution < 1.29 is 4.79 Å². The van der Waals surface area contributed by atoms with Crippen LogP contribution in [0.5, 0.6) is 0 Å². The molecule has 3 rings (SSSR count). The van der Waals surface area contributed by atoms with Crippen molar-refractivity contribution in [2.24, 2.45) is 0 Å². The Morgan fingerprint density at radius 2 is 2.09 bits per heavy atom. The molecule has 0 aliphatic heterocycles. The summed E-state index contributed by atoms with van der Waals surface area (Å²) < 4.78 is 2.00. The summed E-state index contributed by atoms with van der Waals surface area (Å²) in [7, 11) is 0. The van der Waals surface area contributed by atoms with Gasteiger partial charge in [-0.25, -0.2) is 4.98 Å². The number of aryl methyl sites for hydroxylation is 1. The highest BCUT2D eigenvalue weighted by Crippen LogP contribution is 2.17. The number of imidazole rings is 1. The molecule has 5 heteroatoms. The van der Waals surface area contributed by atoms with E-state index in [4.69, 9.17) is 11.6 Å². The number of hydrogen-bond donors (Lipinski definition) is 1. The van der Waals surface area contributed by atoms with Crippen molar-refractivity contribution in [3.8, 4) is 0 Å². The fourth-order valence-electron chi connectivity index (χ4n) is 2.58. The van der Waals surface area contributed by atoms with Gasteiger partial charge in [0.2, 0.25) is 5.91 Å². The number of aromatic nitrogens is 2.